The standard InChI is InChI=1S/C13H19NO4S/c1-13(2)10-14(6-7-18-13)19(16,17)12-5-3-4-11(8-12)9-15/h3-5,8,15H,6-7,9-10H2,1-2H3. The highest BCUT2D eigenvalue weighted by molar-refractivity contribution is 7.89. The highest BCUT2D eigenvalue weighted by atomic mass is 32.2. The van der Waals surface area contributed by atoms with Gasteiger partial charge in [-0.3, -0.25) is 0 Å². The Kier molecular flexibility index (Phi) is 3.96. The van der Waals surface area contributed by atoms with Crippen LogP contribution in [0.1, 0.15) is 19.4 Å². The molecular formula is C13H19NO4S. The largest absolute Gasteiger partial charge is 0.392 e. The fourth-order valence-corrected chi connectivity index (χ4v) is 3.78. The van der Waals surface area contributed by atoms with Gasteiger partial charge >= 0.3 is 0 Å². The van der Waals surface area contributed by atoms with E-state index in [2.05, 4.69) is 0 Å². The number of benzene rings is 1. The molecule has 0 spiro atoms. The van der Waals surface area contributed by atoms with Crippen LogP contribution in [0.25, 0.3) is 0 Å². The fraction of sp³-hybridized carbons (Fsp3) is 0.538. The summed E-state index contributed by atoms with van der Waals surface area (Å²) in [6.45, 7) is 4.66. The van der Waals surface area contributed by atoms with E-state index in [9.17, 15) is 8.42 Å². The maximum absolute atomic E-state index is 12.5. The summed E-state index contributed by atoms with van der Waals surface area (Å²) in [5.41, 5.74) is 0.119. The van der Waals surface area contributed by atoms with Gasteiger partial charge in [0, 0.05) is 13.1 Å². The molecule has 1 aromatic carbocycles. The molecule has 1 aliphatic rings. The van der Waals surface area contributed by atoms with Gasteiger partial charge in [-0.05, 0) is 31.5 Å². The van der Waals surface area contributed by atoms with Gasteiger partial charge in [0.1, 0.15) is 0 Å². The van der Waals surface area contributed by atoms with Crippen LogP contribution in [0.2, 0.25) is 0 Å². The smallest absolute Gasteiger partial charge is 0.243 e. The Hall–Kier alpha value is -0.950. The Morgan fingerprint density at radius 2 is 2.16 bits per heavy atom. The predicted octanol–water partition coefficient (Wildman–Crippen LogP) is 0.978. The number of ether oxygens (including phenoxy) is 1. The maximum atomic E-state index is 12.5. The van der Waals surface area contributed by atoms with Gasteiger partial charge < -0.3 is 9.84 Å². The molecule has 1 aromatic rings. The zero-order valence-electron chi connectivity index (χ0n) is 11.2. The second-order valence-corrected chi connectivity index (χ2v) is 7.19. The zero-order valence-corrected chi connectivity index (χ0v) is 12.0. The van der Waals surface area contributed by atoms with E-state index in [0.717, 1.165) is 0 Å². The number of hydrogen-bond donors (Lipinski definition) is 1. The number of aliphatic hydroxyl groups excluding tert-OH is 1. The topological polar surface area (TPSA) is 66.8 Å². The third-order valence-corrected chi connectivity index (χ3v) is 4.95. The van der Waals surface area contributed by atoms with Crippen LogP contribution < -0.4 is 0 Å². The first-order chi connectivity index (χ1) is 8.85. The van der Waals surface area contributed by atoms with Gasteiger partial charge in [0.15, 0.2) is 0 Å². The van der Waals surface area contributed by atoms with Gasteiger partial charge in [-0.15, -0.1) is 0 Å². The summed E-state index contributed by atoms with van der Waals surface area (Å²) in [6, 6.07) is 6.40. The average molecular weight is 285 g/mol. The van der Waals surface area contributed by atoms with Crippen LogP contribution in [0, 0.1) is 0 Å². The first kappa shape index (κ1) is 14.5. The first-order valence-corrected chi connectivity index (χ1v) is 7.63. The molecule has 0 atom stereocenters. The zero-order chi connectivity index (χ0) is 14.1. The minimum absolute atomic E-state index is 0.169. The summed E-state index contributed by atoms with van der Waals surface area (Å²) in [7, 11) is -3.52. The molecular weight excluding hydrogens is 266 g/mol. The second-order valence-electron chi connectivity index (χ2n) is 5.25. The van der Waals surface area contributed by atoms with E-state index in [1.54, 1.807) is 18.2 Å². The number of rotatable bonds is 3. The molecule has 1 saturated heterocycles. The molecule has 0 bridgehead atoms. The van der Waals surface area contributed by atoms with E-state index in [0.29, 0.717) is 25.3 Å². The third kappa shape index (κ3) is 3.14. The van der Waals surface area contributed by atoms with Crippen molar-refractivity contribution in [1.82, 2.24) is 4.31 Å². The molecule has 1 heterocycles. The first-order valence-electron chi connectivity index (χ1n) is 6.19. The fourth-order valence-electron chi connectivity index (χ4n) is 2.13. The number of hydrogen-bond acceptors (Lipinski definition) is 4. The lowest BCUT2D eigenvalue weighted by Crippen LogP contribution is -2.50. The summed E-state index contributed by atoms with van der Waals surface area (Å²) in [6.07, 6.45) is 0. The van der Waals surface area contributed by atoms with E-state index < -0.39 is 15.6 Å². The van der Waals surface area contributed by atoms with Gasteiger partial charge in [0.2, 0.25) is 10.0 Å². The van der Waals surface area contributed by atoms with Crippen molar-refractivity contribution in [1.29, 1.82) is 0 Å². The Labute approximate surface area is 113 Å². The summed E-state index contributed by atoms with van der Waals surface area (Å²) in [5, 5.41) is 9.09. The minimum atomic E-state index is -3.52. The Bertz CT molecular complexity index is 554. The van der Waals surface area contributed by atoms with Crippen molar-refractivity contribution in [3.63, 3.8) is 0 Å². The van der Waals surface area contributed by atoms with Gasteiger partial charge in [-0.1, -0.05) is 12.1 Å². The van der Waals surface area contributed by atoms with Crippen molar-refractivity contribution in [2.75, 3.05) is 19.7 Å². The van der Waals surface area contributed by atoms with E-state index in [1.165, 1.54) is 10.4 Å². The van der Waals surface area contributed by atoms with Crippen LogP contribution in [-0.2, 0) is 21.4 Å². The molecule has 1 fully saturated rings. The van der Waals surface area contributed by atoms with Crippen molar-refractivity contribution in [2.24, 2.45) is 0 Å². The van der Waals surface area contributed by atoms with Crippen LogP contribution in [0.3, 0.4) is 0 Å². The molecule has 106 valence electrons. The molecule has 1 aliphatic heterocycles. The summed E-state index contributed by atoms with van der Waals surface area (Å²) < 4.78 is 32.0. The highest BCUT2D eigenvalue weighted by Crippen LogP contribution is 2.24. The van der Waals surface area contributed by atoms with Gasteiger partial charge in [-0.2, -0.15) is 4.31 Å². The van der Waals surface area contributed by atoms with Crippen LogP contribution in [-0.4, -0.2) is 43.1 Å². The monoisotopic (exact) mass is 285 g/mol. The minimum Gasteiger partial charge on any atom is -0.392 e. The summed E-state index contributed by atoms with van der Waals surface area (Å²) >= 11 is 0. The van der Waals surface area contributed by atoms with E-state index in [1.807, 2.05) is 13.8 Å². The molecule has 5 nitrogen and oxygen atoms in total. The van der Waals surface area contributed by atoms with Crippen molar-refractivity contribution in [3.8, 4) is 0 Å². The molecule has 0 aromatic heterocycles. The highest BCUT2D eigenvalue weighted by Gasteiger charge is 2.34. The average Bonchev–Trinajstić information content (AvgIpc) is 2.37. The van der Waals surface area contributed by atoms with Gasteiger partial charge in [0.25, 0.3) is 0 Å². The molecule has 0 aliphatic carbocycles. The van der Waals surface area contributed by atoms with E-state index in [4.69, 9.17) is 9.84 Å². The van der Waals surface area contributed by atoms with E-state index >= 15 is 0 Å². The summed E-state index contributed by atoms with van der Waals surface area (Å²) in [5.74, 6) is 0. The molecule has 1 N–H and O–H groups in total. The number of sulfonamides is 1. The maximum Gasteiger partial charge on any atom is 0.243 e. The van der Waals surface area contributed by atoms with Crippen molar-refractivity contribution in [2.45, 2.75) is 31.0 Å². The van der Waals surface area contributed by atoms with Crippen LogP contribution >= 0.6 is 0 Å². The molecule has 0 amide bonds. The Balaban J connectivity index is 2.31. The van der Waals surface area contributed by atoms with Crippen molar-refractivity contribution >= 4 is 10.0 Å². The predicted molar refractivity (Wildman–Crippen MR) is 71.2 cm³/mol. The van der Waals surface area contributed by atoms with Gasteiger partial charge in [0.05, 0.1) is 23.7 Å². The Morgan fingerprint density at radius 1 is 1.42 bits per heavy atom. The number of morpholine rings is 1. The lowest BCUT2D eigenvalue weighted by atomic mass is 10.1. The summed E-state index contributed by atoms with van der Waals surface area (Å²) in [4.78, 5) is 0.219. The van der Waals surface area contributed by atoms with E-state index in [-0.39, 0.29) is 11.5 Å². The third-order valence-electron chi connectivity index (χ3n) is 3.11. The Morgan fingerprint density at radius 3 is 2.79 bits per heavy atom. The molecule has 0 saturated carbocycles. The molecule has 2 rings (SSSR count). The normalized spacial score (nSPS) is 20.4. The quantitative estimate of drug-likeness (QED) is 0.899. The molecule has 6 heteroatoms. The molecule has 0 unspecified atom stereocenters. The molecule has 19 heavy (non-hydrogen) atoms. The van der Waals surface area contributed by atoms with Crippen LogP contribution in [0.5, 0.6) is 0 Å². The van der Waals surface area contributed by atoms with Crippen LogP contribution in [0.4, 0.5) is 0 Å². The number of nitrogens with zero attached hydrogens (tertiary/aromatic N) is 1. The lowest BCUT2D eigenvalue weighted by Gasteiger charge is -2.37. The lowest BCUT2D eigenvalue weighted by molar-refractivity contribution is -0.0640. The van der Waals surface area contributed by atoms with Crippen molar-refractivity contribution in [3.05, 3.63) is 29.8 Å². The SMILES string of the molecule is CC1(C)CN(S(=O)(=O)c2cccc(CO)c2)CCO1. The van der Waals surface area contributed by atoms with Crippen molar-refractivity contribution < 1.29 is 18.3 Å². The van der Waals surface area contributed by atoms with Gasteiger partial charge in [-0.25, -0.2) is 8.42 Å². The van der Waals surface area contributed by atoms with Crippen LogP contribution in [0.15, 0.2) is 29.2 Å². The second kappa shape index (κ2) is 5.20. The molecule has 0 radical (unpaired) electrons. The number of aliphatic hydroxyl groups is 1.